The van der Waals surface area contributed by atoms with Crippen LogP contribution < -0.4 is 51.4 Å². The minimum atomic E-state index is 0. The van der Waals surface area contributed by atoms with Crippen LogP contribution in [0, 0.1) is 0 Å². The second kappa shape index (κ2) is 51.5. The summed E-state index contributed by atoms with van der Waals surface area (Å²) in [7, 11) is 0. The van der Waals surface area contributed by atoms with Crippen LogP contribution in [-0.2, 0) is 0 Å². The Bertz CT molecular complexity index is 7.51. The molecule has 0 radical (unpaired) electrons. The summed E-state index contributed by atoms with van der Waals surface area (Å²) in [5.74, 6) is 0. The van der Waals surface area contributed by atoms with Crippen molar-refractivity contribution in [1.82, 2.24) is 0 Å². The third-order valence-electron chi connectivity index (χ3n) is 0. The van der Waals surface area contributed by atoms with Crippen molar-refractivity contribution < 1.29 is 51.4 Å². The molecule has 0 N–H and O–H groups in total. The Morgan fingerprint density at radius 3 is 0.667 bits per heavy atom. The quantitative estimate of drug-likeness (QED) is 0.319. The fraction of sp³-hybridized carbons (Fsp3) is 0. The van der Waals surface area contributed by atoms with E-state index in [4.69, 9.17) is 0 Å². The number of rotatable bonds is 0. The van der Waals surface area contributed by atoms with Crippen LogP contribution >= 0.6 is 0 Å². The van der Waals surface area contributed by atoms with Crippen LogP contribution in [0.4, 0.5) is 0 Å². The summed E-state index contributed by atoms with van der Waals surface area (Å²) in [5.41, 5.74) is 0. The Morgan fingerprint density at radius 2 is 0.667 bits per heavy atom. The van der Waals surface area contributed by atoms with E-state index in [1.54, 1.807) is 0 Å². The maximum absolute atomic E-state index is 0. The third-order valence-corrected chi connectivity index (χ3v) is 0. The van der Waals surface area contributed by atoms with Crippen molar-refractivity contribution in [3.05, 3.63) is 0 Å². The van der Waals surface area contributed by atoms with E-state index >= 15 is 0 Å². The molecule has 6 heavy (non-hydrogen) atoms. The van der Waals surface area contributed by atoms with Crippen LogP contribution in [0.25, 0.3) is 0 Å². The van der Waals surface area contributed by atoms with Crippen molar-refractivity contribution in [1.29, 1.82) is 0 Å². The summed E-state index contributed by atoms with van der Waals surface area (Å²) < 4.78 is 0. The molecular weight excluding hydrogens is 157 g/mol. The summed E-state index contributed by atoms with van der Waals surface area (Å²) in [6.45, 7) is 0. The smallest absolute Gasteiger partial charge is 0.0626 e. The van der Waals surface area contributed by atoms with E-state index in [1.165, 1.54) is 0 Å². The Labute approximate surface area is 101 Å². The summed E-state index contributed by atoms with van der Waals surface area (Å²) in [5, 5.41) is 0. The van der Waals surface area contributed by atoms with Crippen molar-refractivity contribution in [3.63, 3.8) is 0 Å². The summed E-state index contributed by atoms with van der Waals surface area (Å²) in [6.07, 6.45) is 0. The predicted molar refractivity (Wildman–Crippen MR) is 51.1 cm³/mol. The number of hydrogen-bond donors (Lipinski definition) is 0. The molecule has 0 amide bonds. The Kier molecular flexibility index (Phi) is 670. The molecule has 0 saturated carbocycles. The molecule has 0 aliphatic carbocycles. The van der Waals surface area contributed by atoms with Crippen molar-refractivity contribution in [3.8, 4) is 0 Å². The van der Waals surface area contributed by atoms with Gasteiger partial charge < -0.3 is 0 Å². The second-order valence-electron chi connectivity index (χ2n) is 0. The van der Waals surface area contributed by atoms with Gasteiger partial charge in [0.2, 0.25) is 0 Å². The van der Waals surface area contributed by atoms with E-state index < -0.39 is 0 Å². The first-order valence-corrected chi connectivity index (χ1v) is 0. The molecule has 0 aliphatic heterocycles. The minimum absolute atomic E-state index is 0. The molecule has 0 aromatic rings. The standard InChI is InChI=1S/AsH3.BH4.3BH3.K/h1H3;1H4;3*1H3;/q;-1;;;;+1. The van der Waals surface area contributed by atoms with Gasteiger partial charge in [-0.25, -0.2) is 0 Å². The minimum Gasteiger partial charge on any atom is -0.0626 e. The van der Waals surface area contributed by atoms with Crippen LogP contribution in [0.2, 0.25) is 0 Å². The fourth-order valence-corrected chi connectivity index (χ4v) is 0. The van der Waals surface area contributed by atoms with Crippen LogP contribution in [0.3, 0.4) is 0 Å². The van der Waals surface area contributed by atoms with E-state index in [-0.39, 0.29) is 103 Å². The predicted octanol–water partition coefficient (Wildman–Crippen LogP) is -9.18. The first kappa shape index (κ1) is 78.0. The van der Waals surface area contributed by atoms with Crippen molar-refractivity contribution in [2.75, 3.05) is 0 Å². The maximum atomic E-state index is 0. The molecule has 0 aromatic carbocycles. The molecule has 1 unspecified atom stereocenters. The van der Waals surface area contributed by atoms with Crippen LogP contribution in [-0.4, -0.2) is 51.6 Å². The van der Waals surface area contributed by atoms with Gasteiger partial charge in [0, 0.05) is 0 Å². The molecule has 34 valence electrons. The fourth-order valence-electron chi connectivity index (χ4n) is 0. The zero-order valence-corrected chi connectivity index (χ0v) is 7.80. The van der Waals surface area contributed by atoms with Crippen LogP contribution in [0.1, 0.15) is 0 Å². The monoisotopic (exact) mass is 174 g/mol. The molecule has 6 heteroatoms. The molecule has 0 aromatic heterocycles. The maximum Gasteiger partial charge on any atom is 1.00 e. The van der Waals surface area contributed by atoms with Gasteiger partial charge in [-0.1, -0.05) is 8.41 Å². The van der Waals surface area contributed by atoms with E-state index in [0.29, 0.717) is 0 Å². The Balaban J connectivity index is 0. The molecule has 0 spiro atoms. The van der Waals surface area contributed by atoms with E-state index in [0.717, 1.165) is 0 Å². The van der Waals surface area contributed by atoms with E-state index in [9.17, 15) is 0 Å². The van der Waals surface area contributed by atoms with E-state index in [2.05, 4.69) is 0 Å². The van der Waals surface area contributed by atoms with Gasteiger partial charge in [0.15, 0.2) is 0 Å². The summed E-state index contributed by atoms with van der Waals surface area (Å²) in [4.78, 5) is 0. The van der Waals surface area contributed by atoms with Gasteiger partial charge >= 0.3 is 69.3 Å². The Hall–Kier alpha value is 2.45. The van der Waals surface area contributed by atoms with Gasteiger partial charge in [-0.2, -0.15) is 0 Å². The molecule has 0 heterocycles. The summed E-state index contributed by atoms with van der Waals surface area (Å²) in [6, 6.07) is 0. The van der Waals surface area contributed by atoms with Gasteiger partial charge in [-0.3, -0.25) is 0 Å². The summed E-state index contributed by atoms with van der Waals surface area (Å²) >= 11 is 0. The van der Waals surface area contributed by atoms with Crippen molar-refractivity contribution >= 4 is 51.6 Å². The first-order chi connectivity index (χ1) is 0. The molecule has 0 bridgehead atoms. The largest absolute Gasteiger partial charge is 1.00 e. The van der Waals surface area contributed by atoms with Gasteiger partial charge in [0.05, 0.1) is 25.2 Å². The SMILES string of the molecule is B.B.B.[AsH3].[BH4-].[K+]. The van der Waals surface area contributed by atoms with Crippen LogP contribution in [0.5, 0.6) is 0 Å². The molecule has 0 aliphatic rings. The molecule has 0 fully saturated rings. The van der Waals surface area contributed by atoms with Gasteiger partial charge in [0.1, 0.15) is 0 Å². The Morgan fingerprint density at radius 1 is 0.667 bits per heavy atom. The average Bonchev–Trinajstić information content (AvgIpc) is 0. The molecule has 0 rings (SSSR count). The van der Waals surface area contributed by atoms with Gasteiger partial charge in [0.25, 0.3) is 0 Å². The molecule has 1 atom stereocenters. The van der Waals surface area contributed by atoms with E-state index in [1.807, 2.05) is 0 Å². The topological polar surface area (TPSA) is 0 Å². The normalized spacial score (nSPS) is 0. The third kappa shape index (κ3) is 31.9. The first-order valence-electron chi connectivity index (χ1n) is 0. The molecule has 0 nitrogen and oxygen atoms in total. The van der Waals surface area contributed by atoms with Crippen LogP contribution in [0.15, 0.2) is 0 Å². The van der Waals surface area contributed by atoms with Crippen molar-refractivity contribution in [2.24, 2.45) is 0 Å². The second-order valence-corrected chi connectivity index (χ2v) is 0. The zero-order valence-electron chi connectivity index (χ0n) is 1.71. The van der Waals surface area contributed by atoms with Gasteiger partial charge in [-0.15, -0.1) is 0 Å². The zero-order chi connectivity index (χ0) is 0. The molecular formula is H16AsB4K. The van der Waals surface area contributed by atoms with Gasteiger partial charge in [-0.05, 0) is 0 Å². The average molecular weight is 173 g/mol. The van der Waals surface area contributed by atoms with Crippen molar-refractivity contribution in [2.45, 2.75) is 0 Å². The molecule has 0 saturated heterocycles. The number of hydrogen-bond acceptors (Lipinski definition) is 0.